The summed E-state index contributed by atoms with van der Waals surface area (Å²) >= 11 is 0. The molecule has 1 atom stereocenters. The predicted octanol–water partition coefficient (Wildman–Crippen LogP) is 5.10. The Bertz CT molecular complexity index is 1290. The molecule has 31 heavy (non-hydrogen) atoms. The minimum Gasteiger partial charge on any atom is -0.487 e. The van der Waals surface area contributed by atoms with Gasteiger partial charge in [0.1, 0.15) is 24.3 Å². The molecule has 0 saturated heterocycles. The molecule has 0 saturated carbocycles. The zero-order chi connectivity index (χ0) is 21.6. The molecule has 0 amide bonds. The smallest absolute Gasteiger partial charge is 0.297 e. The summed E-state index contributed by atoms with van der Waals surface area (Å²) in [6.45, 7) is 1.77. The molecule has 1 heterocycles. The molecular weight excluding hydrogens is 415 g/mol. The van der Waals surface area contributed by atoms with Gasteiger partial charge in [0.05, 0.1) is 4.90 Å². The van der Waals surface area contributed by atoms with Crippen LogP contribution in [0.5, 0.6) is 0 Å². The van der Waals surface area contributed by atoms with Gasteiger partial charge in [-0.3, -0.25) is 4.18 Å². The molecule has 6 heteroatoms. The normalized spacial score (nSPS) is 17.4. The van der Waals surface area contributed by atoms with E-state index in [4.69, 9.17) is 8.92 Å². The van der Waals surface area contributed by atoms with Gasteiger partial charge in [0.15, 0.2) is 0 Å². The van der Waals surface area contributed by atoms with E-state index in [9.17, 15) is 12.8 Å². The Labute approximate surface area is 181 Å². The summed E-state index contributed by atoms with van der Waals surface area (Å²) in [6.07, 6.45) is 0.698. The molecule has 0 bridgehead atoms. The van der Waals surface area contributed by atoms with E-state index in [0.29, 0.717) is 18.6 Å². The standard InChI is InChI=1S/C25H21FO4S/c1-16-6-10-21(11-7-16)31(27,28)29-15-20-14-24-22-5-3-2-4-17(22)12-18-8-9-19(26)13-23(18)25(24)30-20/h2-11,13,20H,12,14-15H2,1H3/t20-/m0/s1. The molecule has 0 aromatic heterocycles. The van der Waals surface area contributed by atoms with Gasteiger partial charge in [0.2, 0.25) is 0 Å². The van der Waals surface area contributed by atoms with Crippen LogP contribution in [-0.4, -0.2) is 21.1 Å². The van der Waals surface area contributed by atoms with E-state index >= 15 is 0 Å². The van der Waals surface area contributed by atoms with Gasteiger partial charge in [-0.2, -0.15) is 8.42 Å². The lowest BCUT2D eigenvalue weighted by molar-refractivity contribution is 0.125. The van der Waals surface area contributed by atoms with E-state index in [0.717, 1.165) is 33.4 Å². The van der Waals surface area contributed by atoms with E-state index < -0.39 is 16.2 Å². The van der Waals surface area contributed by atoms with Gasteiger partial charge in [-0.05, 0) is 54.3 Å². The third-order valence-electron chi connectivity index (χ3n) is 5.75. The van der Waals surface area contributed by atoms with Gasteiger partial charge in [-0.25, -0.2) is 4.39 Å². The van der Waals surface area contributed by atoms with Crippen LogP contribution in [0, 0.1) is 12.7 Å². The molecule has 5 rings (SSSR count). The van der Waals surface area contributed by atoms with Crippen molar-refractivity contribution >= 4 is 21.5 Å². The largest absolute Gasteiger partial charge is 0.487 e. The Morgan fingerprint density at radius 1 is 1.00 bits per heavy atom. The highest BCUT2D eigenvalue weighted by Crippen LogP contribution is 2.44. The zero-order valence-electron chi connectivity index (χ0n) is 17.0. The lowest BCUT2D eigenvalue weighted by Gasteiger charge is -2.16. The molecule has 4 nitrogen and oxygen atoms in total. The fourth-order valence-electron chi connectivity index (χ4n) is 4.18. The molecule has 1 aliphatic carbocycles. The van der Waals surface area contributed by atoms with Crippen molar-refractivity contribution in [2.75, 3.05) is 6.61 Å². The van der Waals surface area contributed by atoms with Gasteiger partial charge < -0.3 is 4.74 Å². The first-order valence-corrected chi connectivity index (χ1v) is 11.5. The third kappa shape index (κ3) is 3.77. The Morgan fingerprint density at radius 3 is 2.55 bits per heavy atom. The number of ether oxygens (including phenoxy) is 1. The molecule has 1 aliphatic heterocycles. The van der Waals surface area contributed by atoms with Crippen LogP contribution in [0.25, 0.3) is 11.3 Å². The number of aryl methyl sites for hydroxylation is 1. The van der Waals surface area contributed by atoms with Crippen molar-refractivity contribution in [3.8, 4) is 0 Å². The van der Waals surface area contributed by atoms with Crippen LogP contribution in [0.4, 0.5) is 4.39 Å². The van der Waals surface area contributed by atoms with Crippen LogP contribution in [-0.2, 0) is 25.5 Å². The second-order valence-electron chi connectivity index (χ2n) is 7.94. The molecule has 2 aliphatic rings. The van der Waals surface area contributed by atoms with E-state index in [2.05, 4.69) is 6.07 Å². The summed E-state index contributed by atoms with van der Waals surface area (Å²) in [6, 6.07) is 19.3. The topological polar surface area (TPSA) is 52.6 Å². The van der Waals surface area contributed by atoms with Crippen molar-refractivity contribution in [3.63, 3.8) is 0 Å². The average molecular weight is 437 g/mol. The highest BCUT2D eigenvalue weighted by Gasteiger charge is 2.33. The maximum absolute atomic E-state index is 14.0. The van der Waals surface area contributed by atoms with E-state index in [-0.39, 0.29) is 17.3 Å². The first kappa shape index (κ1) is 20.0. The molecule has 158 valence electrons. The summed E-state index contributed by atoms with van der Waals surface area (Å²) in [7, 11) is -3.89. The van der Waals surface area contributed by atoms with Crippen LogP contribution in [0.3, 0.4) is 0 Å². The van der Waals surface area contributed by atoms with Crippen molar-refractivity contribution in [1.82, 2.24) is 0 Å². The van der Waals surface area contributed by atoms with Crippen molar-refractivity contribution in [3.05, 3.63) is 100 Å². The van der Waals surface area contributed by atoms with Crippen LogP contribution in [0.15, 0.2) is 71.6 Å². The van der Waals surface area contributed by atoms with Crippen molar-refractivity contribution < 1.29 is 21.7 Å². The Balaban J connectivity index is 1.43. The highest BCUT2D eigenvalue weighted by molar-refractivity contribution is 7.86. The lowest BCUT2D eigenvalue weighted by Crippen LogP contribution is -2.19. The monoisotopic (exact) mass is 436 g/mol. The van der Waals surface area contributed by atoms with Crippen LogP contribution >= 0.6 is 0 Å². The second-order valence-corrected chi connectivity index (χ2v) is 9.55. The van der Waals surface area contributed by atoms with Gasteiger partial charge >= 0.3 is 0 Å². The average Bonchev–Trinajstić information content (AvgIpc) is 3.13. The minimum absolute atomic E-state index is 0.114. The van der Waals surface area contributed by atoms with Crippen LogP contribution < -0.4 is 0 Å². The maximum Gasteiger partial charge on any atom is 0.297 e. The van der Waals surface area contributed by atoms with Gasteiger partial charge in [0.25, 0.3) is 10.1 Å². The molecule has 3 aromatic rings. The first-order valence-electron chi connectivity index (χ1n) is 10.1. The molecule has 0 radical (unpaired) electrons. The second kappa shape index (κ2) is 7.62. The Hall–Kier alpha value is -2.96. The SMILES string of the molecule is Cc1ccc(S(=O)(=O)OC[C@@H]2CC3=C(O2)c2cc(F)ccc2Cc2ccccc23)cc1. The minimum atomic E-state index is -3.89. The van der Waals surface area contributed by atoms with E-state index in [1.165, 1.54) is 24.3 Å². The van der Waals surface area contributed by atoms with E-state index in [1.807, 2.05) is 25.1 Å². The van der Waals surface area contributed by atoms with Crippen LogP contribution in [0.2, 0.25) is 0 Å². The molecular formula is C25H21FO4S. The fraction of sp³-hybridized carbons (Fsp3) is 0.200. The number of rotatable bonds is 4. The third-order valence-corrected chi connectivity index (χ3v) is 7.04. The molecule has 0 unspecified atom stereocenters. The number of fused-ring (bicyclic) bond motifs is 4. The summed E-state index contributed by atoms with van der Waals surface area (Å²) in [5.41, 5.74) is 5.82. The summed E-state index contributed by atoms with van der Waals surface area (Å²) in [4.78, 5) is 0.114. The Morgan fingerprint density at radius 2 is 1.74 bits per heavy atom. The van der Waals surface area contributed by atoms with Crippen molar-refractivity contribution in [1.29, 1.82) is 0 Å². The van der Waals surface area contributed by atoms with Crippen LogP contribution in [0.1, 0.15) is 34.2 Å². The predicted molar refractivity (Wildman–Crippen MR) is 116 cm³/mol. The molecule has 3 aromatic carbocycles. The number of halogens is 1. The lowest BCUT2D eigenvalue weighted by atomic mass is 9.95. The first-order chi connectivity index (χ1) is 14.9. The summed E-state index contributed by atoms with van der Waals surface area (Å²) in [5, 5.41) is 0. The van der Waals surface area contributed by atoms with Gasteiger partial charge in [-0.1, -0.05) is 48.0 Å². The maximum atomic E-state index is 14.0. The van der Waals surface area contributed by atoms with Gasteiger partial charge in [-0.15, -0.1) is 0 Å². The molecule has 0 fully saturated rings. The Kier molecular flexibility index (Phi) is 4.91. The fourth-order valence-corrected chi connectivity index (χ4v) is 5.11. The summed E-state index contributed by atoms with van der Waals surface area (Å²) in [5.74, 6) is 0.280. The van der Waals surface area contributed by atoms with Crippen molar-refractivity contribution in [2.24, 2.45) is 0 Å². The summed E-state index contributed by atoms with van der Waals surface area (Å²) < 4.78 is 50.7. The van der Waals surface area contributed by atoms with Crippen molar-refractivity contribution in [2.45, 2.75) is 30.8 Å². The quantitative estimate of drug-likeness (QED) is 0.534. The number of benzene rings is 3. The number of hydrogen-bond acceptors (Lipinski definition) is 4. The molecule has 0 N–H and O–H groups in total. The zero-order valence-corrected chi connectivity index (χ0v) is 17.8. The number of hydrogen-bond donors (Lipinski definition) is 0. The van der Waals surface area contributed by atoms with E-state index in [1.54, 1.807) is 18.2 Å². The molecule has 0 spiro atoms. The van der Waals surface area contributed by atoms with Gasteiger partial charge in [0, 0.05) is 17.6 Å². The highest BCUT2D eigenvalue weighted by atomic mass is 32.2.